The van der Waals surface area contributed by atoms with E-state index in [0.29, 0.717) is 33.7 Å². The molecule has 1 amide bonds. The number of carbonyl (C=O) groups is 1. The molecule has 0 spiro atoms. The van der Waals surface area contributed by atoms with E-state index in [9.17, 15) is 4.79 Å². The summed E-state index contributed by atoms with van der Waals surface area (Å²) in [4.78, 5) is 11.9. The predicted molar refractivity (Wildman–Crippen MR) is 97.8 cm³/mol. The molecule has 1 aliphatic rings. The summed E-state index contributed by atoms with van der Waals surface area (Å²) in [5.41, 5.74) is 1.93. The molecular weight excluding hydrogens is 372 g/mol. The van der Waals surface area contributed by atoms with Crippen LogP contribution in [0.4, 0.5) is 5.69 Å². The Morgan fingerprint density at radius 1 is 1.15 bits per heavy atom. The van der Waals surface area contributed by atoms with Gasteiger partial charge < -0.3 is 24.1 Å². The minimum Gasteiger partial charge on any atom is -0.454 e. The van der Waals surface area contributed by atoms with Gasteiger partial charge in [0.15, 0.2) is 17.3 Å². The molecule has 8 heteroatoms. The van der Waals surface area contributed by atoms with Crippen LogP contribution in [-0.4, -0.2) is 24.5 Å². The van der Waals surface area contributed by atoms with Crippen molar-refractivity contribution in [2.45, 2.75) is 6.61 Å². The Kier molecular flexibility index (Phi) is 4.95. The van der Waals surface area contributed by atoms with Crippen LogP contribution in [0.25, 0.3) is 11.3 Å². The third-order valence-corrected chi connectivity index (χ3v) is 4.18. The number of anilines is 1. The van der Waals surface area contributed by atoms with Crippen LogP contribution in [0.5, 0.6) is 11.5 Å². The van der Waals surface area contributed by atoms with Crippen molar-refractivity contribution >= 4 is 23.2 Å². The molecule has 138 valence electrons. The van der Waals surface area contributed by atoms with Crippen LogP contribution < -0.4 is 14.8 Å². The van der Waals surface area contributed by atoms with Gasteiger partial charge in [0.05, 0.1) is 17.3 Å². The maximum Gasteiger partial charge on any atom is 0.250 e. The van der Waals surface area contributed by atoms with Gasteiger partial charge in [0, 0.05) is 11.6 Å². The number of hydrogen-bond donors (Lipinski definition) is 1. The fraction of sp³-hybridized carbons (Fsp3) is 0.158. The van der Waals surface area contributed by atoms with Crippen LogP contribution in [0.15, 0.2) is 53.1 Å². The topological polar surface area (TPSA) is 82.8 Å². The SMILES string of the molecule is O=C(COCc1cc(-c2ccc3c(c2)OCO3)on1)Nc1ccccc1Cl. The molecule has 1 aromatic heterocycles. The van der Waals surface area contributed by atoms with E-state index in [4.69, 9.17) is 30.3 Å². The maximum atomic E-state index is 11.9. The van der Waals surface area contributed by atoms with Crippen LogP contribution in [0.3, 0.4) is 0 Å². The number of para-hydroxylation sites is 1. The lowest BCUT2D eigenvalue weighted by atomic mass is 10.1. The molecule has 0 fully saturated rings. The lowest BCUT2D eigenvalue weighted by Gasteiger charge is -2.06. The molecule has 0 atom stereocenters. The first-order chi connectivity index (χ1) is 13.2. The highest BCUT2D eigenvalue weighted by Gasteiger charge is 2.16. The minimum absolute atomic E-state index is 0.128. The summed E-state index contributed by atoms with van der Waals surface area (Å²) in [5.74, 6) is 1.64. The molecule has 27 heavy (non-hydrogen) atoms. The van der Waals surface area contributed by atoms with Gasteiger partial charge in [0.2, 0.25) is 12.7 Å². The summed E-state index contributed by atoms with van der Waals surface area (Å²) in [6.07, 6.45) is 0. The van der Waals surface area contributed by atoms with E-state index in [2.05, 4.69) is 10.5 Å². The van der Waals surface area contributed by atoms with Crippen molar-refractivity contribution in [2.75, 3.05) is 18.7 Å². The lowest BCUT2D eigenvalue weighted by molar-refractivity contribution is -0.121. The normalized spacial score (nSPS) is 12.2. The largest absolute Gasteiger partial charge is 0.454 e. The number of ether oxygens (including phenoxy) is 3. The quantitative estimate of drug-likeness (QED) is 0.692. The number of benzene rings is 2. The Hall–Kier alpha value is -3.03. The molecule has 0 unspecified atom stereocenters. The molecular formula is C19H15ClN2O5. The van der Waals surface area contributed by atoms with Gasteiger partial charge in [-0.2, -0.15) is 0 Å². The van der Waals surface area contributed by atoms with Crippen molar-refractivity contribution in [1.29, 1.82) is 0 Å². The number of hydrogen-bond acceptors (Lipinski definition) is 6. The van der Waals surface area contributed by atoms with E-state index in [1.165, 1.54) is 0 Å². The monoisotopic (exact) mass is 386 g/mol. The first-order valence-electron chi connectivity index (χ1n) is 8.17. The number of nitrogens with zero attached hydrogens (tertiary/aromatic N) is 1. The number of aromatic nitrogens is 1. The van der Waals surface area contributed by atoms with Crippen LogP contribution in [0.1, 0.15) is 5.69 Å². The first kappa shape index (κ1) is 17.4. The van der Waals surface area contributed by atoms with Crippen molar-refractivity contribution in [3.8, 4) is 22.8 Å². The number of amides is 1. The molecule has 2 heterocycles. The Labute approximate surface area is 159 Å². The van der Waals surface area contributed by atoms with Crippen molar-refractivity contribution in [2.24, 2.45) is 0 Å². The van der Waals surface area contributed by atoms with Gasteiger partial charge >= 0.3 is 0 Å². The average molecular weight is 387 g/mol. The van der Waals surface area contributed by atoms with Gasteiger partial charge in [-0.1, -0.05) is 28.9 Å². The Morgan fingerprint density at radius 2 is 2.00 bits per heavy atom. The Balaban J connectivity index is 1.31. The zero-order chi connectivity index (χ0) is 18.6. The molecule has 0 radical (unpaired) electrons. The highest BCUT2D eigenvalue weighted by atomic mass is 35.5. The summed E-state index contributed by atoms with van der Waals surface area (Å²) in [5, 5.41) is 7.11. The zero-order valence-electron chi connectivity index (χ0n) is 14.1. The van der Waals surface area contributed by atoms with E-state index in [-0.39, 0.29) is 25.9 Å². The second-order valence-corrected chi connectivity index (χ2v) is 6.18. The number of nitrogens with one attached hydrogen (secondary N) is 1. The molecule has 1 N–H and O–H groups in total. The number of halogens is 1. The molecule has 3 aromatic rings. The minimum atomic E-state index is -0.303. The number of carbonyl (C=O) groups excluding carboxylic acids is 1. The van der Waals surface area contributed by atoms with Gasteiger partial charge in [-0.25, -0.2) is 0 Å². The van der Waals surface area contributed by atoms with Crippen molar-refractivity contribution in [1.82, 2.24) is 5.16 Å². The summed E-state index contributed by atoms with van der Waals surface area (Å²) < 4.78 is 21.4. The molecule has 0 aliphatic carbocycles. The van der Waals surface area contributed by atoms with Crippen molar-refractivity contribution in [3.05, 3.63) is 59.2 Å². The fourth-order valence-corrected chi connectivity index (χ4v) is 2.75. The highest BCUT2D eigenvalue weighted by molar-refractivity contribution is 6.33. The molecule has 0 bridgehead atoms. The van der Waals surface area contributed by atoms with E-state index >= 15 is 0 Å². The smallest absolute Gasteiger partial charge is 0.250 e. The molecule has 4 rings (SSSR count). The van der Waals surface area contributed by atoms with Crippen molar-refractivity contribution < 1.29 is 23.5 Å². The zero-order valence-corrected chi connectivity index (χ0v) is 14.9. The number of fused-ring (bicyclic) bond motifs is 1. The van der Waals surface area contributed by atoms with E-state index in [1.807, 2.05) is 18.2 Å². The standard InChI is InChI=1S/C19H15ClN2O5/c20-14-3-1-2-4-15(14)21-19(23)10-24-9-13-8-17(27-22-13)12-5-6-16-18(7-12)26-11-25-16/h1-8H,9-11H2,(H,21,23). The third kappa shape index (κ3) is 4.05. The van der Waals surface area contributed by atoms with Gasteiger partial charge in [0.1, 0.15) is 12.3 Å². The maximum absolute atomic E-state index is 11.9. The van der Waals surface area contributed by atoms with Gasteiger partial charge in [-0.3, -0.25) is 4.79 Å². The van der Waals surface area contributed by atoms with Crippen LogP contribution in [0.2, 0.25) is 5.02 Å². The predicted octanol–water partition coefficient (Wildman–Crippen LogP) is 3.88. The van der Waals surface area contributed by atoms with E-state index < -0.39 is 0 Å². The molecule has 0 saturated carbocycles. The second-order valence-electron chi connectivity index (χ2n) is 5.77. The van der Waals surface area contributed by atoms with Crippen LogP contribution in [-0.2, 0) is 16.1 Å². The van der Waals surface area contributed by atoms with Gasteiger partial charge in [-0.15, -0.1) is 0 Å². The second kappa shape index (κ2) is 7.69. The molecule has 1 aliphatic heterocycles. The van der Waals surface area contributed by atoms with Gasteiger partial charge in [-0.05, 0) is 30.3 Å². The Bertz CT molecular complexity index is 972. The van der Waals surface area contributed by atoms with E-state index in [1.54, 1.807) is 30.3 Å². The van der Waals surface area contributed by atoms with Crippen LogP contribution in [0, 0.1) is 0 Å². The number of rotatable bonds is 6. The molecule has 0 saturated heterocycles. The summed E-state index contributed by atoms with van der Waals surface area (Å²) in [7, 11) is 0. The first-order valence-corrected chi connectivity index (χ1v) is 8.54. The Morgan fingerprint density at radius 3 is 2.89 bits per heavy atom. The summed E-state index contributed by atoms with van der Waals surface area (Å²) >= 11 is 6.00. The summed E-state index contributed by atoms with van der Waals surface area (Å²) in [6.45, 7) is 0.228. The molecule has 7 nitrogen and oxygen atoms in total. The third-order valence-electron chi connectivity index (χ3n) is 3.85. The van der Waals surface area contributed by atoms with Gasteiger partial charge in [0.25, 0.3) is 0 Å². The van der Waals surface area contributed by atoms with E-state index in [0.717, 1.165) is 5.56 Å². The van der Waals surface area contributed by atoms with Crippen molar-refractivity contribution in [3.63, 3.8) is 0 Å². The summed E-state index contributed by atoms with van der Waals surface area (Å²) in [6, 6.07) is 14.2. The molecule has 2 aromatic carbocycles. The average Bonchev–Trinajstić information content (AvgIpc) is 3.32. The lowest BCUT2D eigenvalue weighted by Crippen LogP contribution is -2.18. The highest BCUT2D eigenvalue weighted by Crippen LogP contribution is 2.36. The van der Waals surface area contributed by atoms with Crippen LogP contribution >= 0.6 is 11.6 Å². The fourth-order valence-electron chi connectivity index (χ4n) is 2.56.